The average molecular weight is 192 g/mol. The molecule has 1 saturated heterocycles. The molecular formula is C11H16N2O. The van der Waals surface area contributed by atoms with E-state index in [0.717, 1.165) is 31.1 Å². The van der Waals surface area contributed by atoms with Crippen molar-refractivity contribution in [3.63, 3.8) is 0 Å². The van der Waals surface area contributed by atoms with E-state index in [1.807, 2.05) is 13.8 Å². The van der Waals surface area contributed by atoms with Crippen molar-refractivity contribution in [2.45, 2.75) is 20.0 Å². The van der Waals surface area contributed by atoms with Gasteiger partial charge in [0, 0.05) is 24.5 Å². The Balaban J connectivity index is 2.21. The molecule has 3 nitrogen and oxygen atoms in total. The van der Waals surface area contributed by atoms with E-state index in [4.69, 9.17) is 4.74 Å². The normalized spacial score (nSPS) is 22.3. The van der Waals surface area contributed by atoms with Crippen molar-refractivity contribution >= 4 is 0 Å². The number of nitrogens with zero attached hydrogens (tertiary/aromatic N) is 1. The Morgan fingerprint density at radius 2 is 2.07 bits per heavy atom. The third kappa shape index (κ3) is 2.11. The molecular weight excluding hydrogens is 176 g/mol. The lowest BCUT2D eigenvalue weighted by molar-refractivity contribution is 0.0276. The molecule has 2 rings (SSSR count). The van der Waals surface area contributed by atoms with Crippen LogP contribution in [0.2, 0.25) is 0 Å². The minimum Gasteiger partial charge on any atom is -0.371 e. The fourth-order valence-electron chi connectivity index (χ4n) is 1.83. The zero-order valence-corrected chi connectivity index (χ0v) is 8.71. The summed E-state index contributed by atoms with van der Waals surface area (Å²) in [5.41, 5.74) is 3.37. The zero-order valence-electron chi connectivity index (χ0n) is 8.71. The number of hydrogen-bond acceptors (Lipinski definition) is 3. The van der Waals surface area contributed by atoms with Crippen LogP contribution in [0.4, 0.5) is 0 Å². The summed E-state index contributed by atoms with van der Waals surface area (Å²) in [6.07, 6.45) is 0.198. The van der Waals surface area contributed by atoms with E-state index in [9.17, 15) is 0 Å². The molecule has 1 N–H and O–H groups in total. The highest BCUT2D eigenvalue weighted by Crippen LogP contribution is 2.19. The lowest BCUT2D eigenvalue weighted by Crippen LogP contribution is -2.33. The van der Waals surface area contributed by atoms with Crippen molar-refractivity contribution in [2.24, 2.45) is 0 Å². The van der Waals surface area contributed by atoms with Crippen molar-refractivity contribution in [2.75, 3.05) is 19.7 Å². The largest absolute Gasteiger partial charge is 0.371 e. The smallest absolute Gasteiger partial charge is 0.0951 e. The zero-order chi connectivity index (χ0) is 9.97. The Hall–Kier alpha value is -0.930. The molecule has 1 fully saturated rings. The average Bonchev–Trinajstić information content (AvgIpc) is 2.18. The summed E-state index contributed by atoms with van der Waals surface area (Å²) in [5.74, 6) is 0. The van der Waals surface area contributed by atoms with Crippen LogP contribution in [0.15, 0.2) is 12.1 Å². The first-order chi connectivity index (χ1) is 6.75. The summed E-state index contributed by atoms with van der Waals surface area (Å²) in [4.78, 5) is 4.35. The fourth-order valence-corrected chi connectivity index (χ4v) is 1.83. The molecule has 3 heteroatoms. The number of aromatic nitrogens is 1. The molecule has 0 radical (unpaired) electrons. The molecule has 0 aliphatic carbocycles. The summed E-state index contributed by atoms with van der Waals surface area (Å²) < 4.78 is 5.68. The SMILES string of the molecule is Cc1cc([C@@H]2CNCCO2)cc(C)n1. The van der Waals surface area contributed by atoms with Crippen molar-refractivity contribution in [3.05, 3.63) is 29.1 Å². The second-order valence-corrected chi connectivity index (χ2v) is 3.75. The molecule has 1 aliphatic heterocycles. The molecule has 1 aliphatic rings. The van der Waals surface area contributed by atoms with Gasteiger partial charge in [0.05, 0.1) is 12.7 Å². The molecule has 0 amide bonds. The maximum absolute atomic E-state index is 5.68. The highest BCUT2D eigenvalue weighted by molar-refractivity contribution is 5.23. The van der Waals surface area contributed by atoms with Crippen LogP contribution in [-0.2, 0) is 4.74 Å². The van der Waals surface area contributed by atoms with Crippen LogP contribution in [0, 0.1) is 13.8 Å². The van der Waals surface area contributed by atoms with Crippen LogP contribution in [0.1, 0.15) is 23.1 Å². The Labute approximate surface area is 84.5 Å². The monoisotopic (exact) mass is 192 g/mol. The molecule has 0 unspecified atom stereocenters. The van der Waals surface area contributed by atoms with E-state index in [-0.39, 0.29) is 6.10 Å². The molecule has 76 valence electrons. The number of ether oxygens (including phenoxy) is 1. The third-order valence-electron chi connectivity index (χ3n) is 2.40. The Morgan fingerprint density at radius 1 is 1.36 bits per heavy atom. The minimum absolute atomic E-state index is 0.198. The van der Waals surface area contributed by atoms with E-state index in [2.05, 4.69) is 22.4 Å². The number of rotatable bonds is 1. The highest BCUT2D eigenvalue weighted by Gasteiger charge is 2.15. The number of pyridine rings is 1. The van der Waals surface area contributed by atoms with Crippen LogP contribution in [0.5, 0.6) is 0 Å². The number of hydrogen-bond donors (Lipinski definition) is 1. The van der Waals surface area contributed by atoms with Crippen LogP contribution in [0.25, 0.3) is 0 Å². The van der Waals surface area contributed by atoms with Gasteiger partial charge >= 0.3 is 0 Å². The topological polar surface area (TPSA) is 34.1 Å². The Bertz CT molecular complexity index is 299. The van der Waals surface area contributed by atoms with Gasteiger partial charge < -0.3 is 10.1 Å². The van der Waals surface area contributed by atoms with E-state index >= 15 is 0 Å². The highest BCUT2D eigenvalue weighted by atomic mass is 16.5. The minimum atomic E-state index is 0.198. The predicted octanol–water partition coefficient (Wildman–Crippen LogP) is 1.36. The first kappa shape index (κ1) is 9.62. The van der Waals surface area contributed by atoms with Crippen LogP contribution >= 0.6 is 0 Å². The molecule has 0 bridgehead atoms. The molecule has 0 saturated carbocycles. The fraction of sp³-hybridized carbons (Fsp3) is 0.545. The van der Waals surface area contributed by atoms with Crippen LogP contribution in [-0.4, -0.2) is 24.7 Å². The van der Waals surface area contributed by atoms with Gasteiger partial charge in [0.1, 0.15) is 0 Å². The molecule has 0 spiro atoms. The van der Waals surface area contributed by atoms with Gasteiger partial charge in [0.15, 0.2) is 0 Å². The number of nitrogens with one attached hydrogen (secondary N) is 1. The summed E-state index contributed by atoms with van der Waals surface area (Å²) in [5, 5.41) is 3.33. The molecule has 14 heavy (non-hydrogen) atoms. The first-order valence-corrected chi connectivity index (χ1v) is 5.03. The van der Waals surface area contributed by atoms with Crippen LogP contribution < -0.4 is 5.32 Å². The number of aryl methyl sites for hydroxylation is 2. The first-order valence-electron chi connectivity index (χ1n) is 5.03. The van der Waals surface area contributed by atoms with Gasteiger partial charge in [-0.3, -0.25) is 4.98 Å². The Morgan fingerprint density at radius 3 is 2.64 bits per heavy atom. The van der Waals surface area contributed by atoms with Crippen molar-refractivity contribution in [3.8, 4) is 0 Å². The van der Waals surface area contributed by atoms with E-state index in [1.165, 1.54) is 5.56 Å². The lowest BCUT2D eigenvalue weighted by atomic mass is 10.1. The number of morpholine rings is 1. The quantitative estimate of drug-likeness (QED) is 0.729. The van der Waals surface area contributed by atoms with Gasteiger partial charge in [-0.05, 0) is 31.5 Å². The second-order valence-electron chi connectivity index (χ2n) is 3.75. The van der Waals surface area contributed by atoms with Crippen molar-refractivity contribution in [1.29, 1.82) is 0 Å². The van der Waals surface area contributed by atoms with Crippen molar-refractivity contribution < 1.29 is 4.74 Å². The Kier molecular flexibility index (Phi) is 2.79. The second kappa shape index (κ2) is 4.07. The van der Waals surface area contributed by atoms with Crippen LogP contribution in [0.3, 0.4) is 0 Å². The van der Waals surface area contributed by atoms with Gasteiger partial charge in [-0.25, -0.2) is 0 Å². The van der Waals surface area contributed by atoms with Crippen molar-refractivity contribution in [1.82, 2.24) is 10.3 Å². The summed E-state index contributed by atoms with van der Waals surface area (Å²) >= 11 is 0. The van der Waals surface area contributed by atoms with E-state index < -0.39 is 0 Å². The molecule has 0 aromatic carbocycles. The van der Waals surface area contributed by atoms with Gasteiger partial charge in [0.2, 0.25) is 0 Å². The summed E-state index contributed by atoms with van der Waals surface area (Å²) in [6, 6.07) is 4.20. The van der Waals surface area contributed by atoms with Gasteiger partial charge in [0.25, 0.3) is 0 Å². The van der Waals surface area contributed by atoms with Gasteiger partial charge in [-0.1, -0.05) is 0 Å². The lowest BCUT2D eigenvalue weighted by Gasteiger charge is -2.24. The molecule has 1 aromatic heterocycles. The maximum Gasteiger partial charge on any atom is 0.0951 e. The van der Waals surface area contributed by atoms with E-state index in [1.54, 1.807) is 0 Å². The maximum atomic E-state index is 5.68. The molecule has 1 atom stereocenters. The summed E-state index contributed by atoms with van der Waals surface area (Å²) in [6.45, 7) is 6.70. The van der Waals surface area contributed by atoms with E-state index in [0.29, 0.717) is 0 Å². The van der Waals surface area contributed by atoms with Gasteiger partial charge in [-0.15, -0.1) is 0 Å². The third-order valence-corrected chi connectivity index (χ3v) is 2.40. The standard InChI is InChI=1S/C11H16N2O/c1-8-5-10(6-9(2)13-8)11-7-12-3-4-14-11/h5-6,11-12H,3-4,7H2,1-2H3/t11-/m0/s1. The summed E-state index contributed by atoms with van der Waals surface area (Å²) in [7, 11) is 0. The van der Waals surface area contributed by atoms with Gasteiger partial charge in [-0.2, -0.15) is 0 Å². The predicted molar refractivity (Wildman–Crippen MR) is 55.3 cm³/mol. The molecule has 2 heterocycles. The molecule has 1 aromatic rings.